The van der Waals surface area contributed by atoms with Crippen molar-refractivity contribution in [2.45, 2.75) is 10.5 Å². The number of thioether (sulfide) groups is 4. The summed E-state index contributed by atoms with van der Waals surface area (Å²) in [6.07, 6.45) is 0. The summed E-state index contributed by atoms with van der Waals surface area (Å²) in [5.41, 5.74) is 0. The summed E-state index contributed by atoms with van der Waals surface area (Å²) in [5.74, 6) is 11.1. The van der Waals surface area contributed by atoms with Gasteiger partial charge in [-0.2, -0.15) is 97.6 Å². The Balaban J connectivity index is 3.36. The second-order valence-corrected chi connectivity index (χ2v) is 10.7. The Hall–Kier alpha value is 2.80. The number of hydrogen-bond acceptors (Lipinski definition) is 8. The van der Waals surface area contributed by atoms with Gasteiger partial charge >= 0.3 is 0 Å². The lowest BCUT2D eigenvalue weighted by molar-refractivity contribution is 1.15. The average Bonchev–Trinajstić information content (AvgIpc) is 2.48. The monoisotopic (exact) mass is 426 g/mol. The SMILES string of the molecule is SCCSCC(CS)SCCSCCSC(CS)CS. The predicted octanol–water partition coefficient (Wildman–Crippen LogP) is 4.38. The summed E-state index contributed by atoms with van der Waals surface area (Å²) < 4.78 is 0. The summed E-state index contributed by atoms with van der Waals surface area (Å²) in [4.78, 5) is 0. The minimum Gasteiger partial charge on any atom is -0.179 e. The van der Waals surface area contributed by atoms with E-state index in [4.69, 9.17) is 0 Å². The lowest BCUT2D eigenvalue weighted by Crippen LogP contribution is -2.11. The minimum atomic E-state index is 0.606. The van der Waals surface area contributed by atoms with E-state index in [1.165, 1.54) is 28.8 Å². The highest BCUT2D eigenvalue weighted by Gasteiger charge is 2.07. The molecule has 0 amide bonds. The van der Waals surface area contributed by atoms with Crippen molar-refractivity contribution in [2.24, 2.45) is 0 Å². The van der Waals surface area contributed by atoms with Gasteiger partial charge in [0.05, 0.1) is 0 Å². The zero-order valence-electron chi connectivity index (χ0n) is 11.6. The molecule has 0 N–H and O–H groups in total. The first-order valence-electron chi connectivity index (χ1n) is 6.60. The number of rotatable bonds is 15. The lowest BCUT2D eigenvalue weighted by Gasteiger charge is -2.13. The summed E-state index contributed by atoms with van der Waals surface area (Å²) in [6, 6.07) is 0. The van der Waals surface area contributed by atoms with Crippen LogP contribution in [0.25, 0.3) is 0 Å². The first-order chi connectivity index (χ1) is 9.78. The standard InChI is InChI=1S/C12H26S8/c13-1-2-18-10-12(9-16)20-6-4-17-3-5-19-11(7-14)8-15/h11-16H,1-10H2. The Morgan fingerprint density at radius 1 is 0.600 bits per heavy atom. The third-order valence-electron chi connectivity index (χ3n) is 2.31. The fraction of sp³-hybridized carbons (Fsp3) is 1.00. The topological polar surface area (TPSA) is 0 Å². The molecule has 0 aliphatic rings. The van der Waals surface area contributed by atoms with Gasteiger partial charge in [0.25, 0.3) is 0 Å². The van der Waals surface area contributed by atoms with Crippen molar-refractivity contribution >= 4 is 97.6 Å². The molecule has 0 saturated heterocycles. The van der Waals surface area contributed by atoms with Crippen molar-refractivity contribution < 1.29 is 0 Å². The molecule has 0 spiro atoms. The Morgan fingerprint density at radius 3 is 1.65 bits per heavy atom. The highest BCUT2D eigenvalue weighted by molar-refractivity contribution is 8.06. The molecule has 0 aliphatic heterocycles. The molecule has 8 heteroatoms. The van der Waals surface area contributed by atoms with Crippen LogP contribution in [0.15, 0.2) is 0 Å². The van der Waals surface area contributed by atoms with Crippen LogP contribution < -0.4 is 0 Å². The van der Waals surface area contributed by atoms with Crippen LogP contribution in [-0.4, -0.2) is 68.0 Å². The largest absolute Gasteiger partial charge is 0.179 e. The first-order valence-corrected chi connectivity index (χ1v) is 13.5. The van der Waals surface area contributed by atoms with Crippen LogP contribution in [0.1, 0.15) is 0 Å². The van der Waals surface area contributed by atoms with Crippen molar-refractivity contribution in [1.82, 2.24) is 0 Å². The summed E-state index contributed by atoms with van der Waals surface area (Å²) in [6.45, 7) is 0. The average molecular weight is 427 g/mol. The Labute approximate surface area is 164 Å². The highest BCUT2D eigenvalue weighted by atomic mass is 32.2. The molecule has 0 fully saturated rings. The Bertz CT molecular complexity index is 188. The quantitative estimate of drug-likeness (QED) is 0.226. The van der Waals surface area contributed by atoms with E-state index in [-0.39, 0.29) is 0 Å². The molecule has 0 aromatic carbocycles. The molecule has 0 rings (SSSR count). The van der Waals surface area contributed by atoms with Gasteiger partial charge in [0.2, 0.25) is 0 Å². The Morgan fingerprint density at radius 2 is 1.15 bits per heavy atom. The van der Waals surface area contributed by atoms with Crippen LogP contribution in [0.3, 0.4) is 0 Å². The van der Waals surface area contributed by atoms with Gasteiger partial charge in [-0.25, -0.2) is 0 Å². The molecular formula is C12H26S8. The van der Waals surface area contributed by atoms with Gasteiger partial charge in [0.1, 0.15) is 0 Å². The third kappa shape index (κ3) is 14.4. The smallest absolute Gasteiger partial charge is 0.0226 e. The third-order valence-corrected chi connectivity index (χ3v) is 10.2. The van der Waals surface area contributed by atoms with Crippen molar-refractivity contribution in [2.75, 3.05) is 57.5 Å². The van der Waals surface area contributed by atoms with Gasteiger partial charge in [-0.3, -0.25) is 0 Å². The molecule has 0 heterocycles. The molecule has 0 aromatic heterocycles. The normalized spacial score (nSPS) is 13.1. The van der Waals surface area contributed by atoms with E-state index in [0.717, 1.165) is 28.8 Å². The van der Waals surface area contributed by atoms with E-state index < -0.39 is 0 Å². The van der Waals surface area contributed by atoms with E-state index in [1.807, 2.05) is 23.5 Å². The van der Waals surface area contributed by atoms with E-state index in [2.05, 4.69) is 74.0 Å². The van der Waals surface area contributed by atoms with E-state index in [9.17, 15) is 0 Å². The molecule has 20 heavy (non-hydrogen) atoms. The maximum absolute atomic E-state index is 4.44. The van der Waals surface area contributed by atoms with Gasteiger partial charge in [-0.05, 0) is 5.75 Å². The lowest BCUT2D eigenvalue weighted by atomic mass is 10.5. The van der Waals surface area contributed by atoms with Crippen LogP contribution in [0, 0.1) is 0 Å². The van der Waals surface area contributed by atoms with Crippen LogP contribution in [0.4, 0.5) is 0 Å². The summed E-state index contributed by atoms with van der Waals surface area (Å²) in [5, 5.41) is 1.30. The van der Waals surface area contributed by atoms with Gasteiger partial charge in [-0.15, -0.1) is 0 Å². The second-order valence-electron chi connectivity index (χ2n) is 3.94. The number of hydrogen-bond donors (Lipinski definition) is 4. The molecule has 0 aromatic rings. The summed E-state index contributed by atoms with van der Waals surface area (Å²) >= 11 is 25.5. The van der Waals surface area contributed by atoms with E-state index in [0.29, 0.717) is 10.5 Å². The highest BCUT2D eigenvalue weighted by Crippen LogP contribution is 2.20. The molecule has 0 aliphatic carbocycles. The molecule has 1 atom stereocenters. The maximum atomic E-state index is 4.44. The van der Waals surface area contributed by atoms with Crippen molar-refractivity contribution in [3.05, 3.63) is 0 Å². The molecule has 1 unspecified atom stereocenters. The van der Waals surface area contributed by atoms with Gasteiger partial charge < -0.3 is 0 Å². The Kier molecular flexibility index (Phi) is 20.7. The fourth-order valence-electron chi connectivity index (χ4n) is 1.25. The number of thiol groups is 4. The fourth-order valence-corrected chi connectivity index (χ4v) is 7.60. The molecule has 122 valence electrons. The van der Waals surface area contributed by atoms with Crippen LogP contribution >= 0.6 is 97.6 Å². The summed E-state index contributed by atoms with van der Waals surface area (Å²) in [7, 11) is 0. The molecular weight excluding hydrogens is 401 g/mol. The van der Waals surface area contributed by atoms with Crippen molar-refractivity contribution in [3.8, 4) is 0 Å². The van der Waals surface area contributed by atoms with Crippen LogP contribution in [0.2, 0.25) is 0 Å². The van der Waals surface area contributed by atoms with Gasteiger partial charge in [0, 0.05) is 62.3 Å². The van der Waals surface area contributed by atoms with Crippen LogP contribution in [-0.2, 0) is 0 Å². The molecule has 0 radical (unpaired) electrons. The maximum Gasteiger partial charge on any atom is 0.0226 e. The van der Waals surface area contributed by atoms with Gasteiger partial charge in [-0.1, -0.05) is 0 Å². The van der Waals surface area contributed by atoms with E-state index >= 15 is 0 Å². The predicted molar refractivity (Wildman–Crippen MR) is 123 cm³/mol. The molecule has 0 nitrogen and oxygen atoms in total. The minimum absolute atomic E-state index is 0.606. The zero-order chi connectivity index (χ0) is 15.1. The van der Waals surface area contributed by atoms with E-state index in [1.54, 1.807) is 0 Å². The van der Waals surface area contributed by atoms with Gasteiger partial charge in [0.15, 0.2) is 0 Å². The molecule has 0 saturated carbocycles. The zero-order valence-corrected chi connectivity index (χ0v) is 18.5. The first kappa shape index (κ1) is 22.8. The molecule has 0 bridgehead atoms. The van der Waals surface area contributed by atoms with Crippen molar-refractivity contribution in [1.29, 1.82) is 0 Å². The van der Waals surface area contributed by atoms with Crippen LogP contribution in [0.5, 0.6) is 0 Å². The van der Waals surface area contributed by atoms with Crippen molar-refractivity contribution in [3.63, 3.8) is 0 Å². The second kappa shape index (κ2) is 18.1.